The van der Waals surface area contributed by atoms with Crippen molar-refractivity contribution in [3.8, 4) is 0 Å². The van der Waals surface area contributed by atoms with E-state index in [-0.39, 0.29) is 0 Å². The van der Waals surface area contributed by atoms with Gasteiger partial charge < -0.3 is 5.11 Å². The van der Waals surface area contributed by atoms with Crippen LogP contribution in [0.4, 0.5) is 0 Å². The van der Waals surface area contributed by atoms with Crippen LogP contribution in [0.15, 0.2) is 24.3 Å². The molecule has 0 fully saturated rings. The molecule has 0 aliphatic rings. The van der Waals surface area contributed by atoms with Gasteiger partial charge in [0.1, 0.15) is 6.10 Å². The number of aliphatic hydroxyl groups is 1. The summed E-state index contributed by atoms with van der Waals surface area (Å²) < 4.78 is 0. The van der Waals surface area contributed by atoms with Crippen molar-refractivity contribution >= 4 is 0 Å². The Morgan fingerprint density at radius 2 is 1.79 bits per heavy atom. The lowest BCUT2D eigenvalue weighted by Crippen LogP contribution is -2.08. The molecule has 0 aliphatic carbocycles. The minimum absolute atomic E-state index is 0.636. The van der Waals surface area contributed by atoms with E-state index in [0.29, 0.717) is 0 Å². The number of hydrogen-bond acceptors (Lipinski definition) is 3. The monoisotopic (exact) mass is 256 g/mol. The lowest BCUT2D eigenvalue weighted by atomic mass is 9.96. The molecule has 1 aromatic heterocycles. The van der Waals surface area contributed by atoms with Crippen molar-refractivity contribution in [3.63, 3.8) is 0 Å². The van der Waals surface area contributed by atoms with Crippen LogP contribution in [-0.2, 0) is 6.42 Å². The highest BCUT2D eigenvalue weighted by molar-refractivity contribution is 5.37. The summed E-state index contributed by atoms with van der Waals surface area (Å²) in [5, 5.41) is 18.8. The number of aliphatic hydroxyl groups excluding tert-OH is 1. The van der Waals surface area contributed by atoms with Gasteiger partial charge in [0.15, 0.2) is 0 Å². The zero-order valence-electron chi connectivity index (χ0n) is 11.9. The lowest BCUT2D eigenvalue weighted by Gasteiger charge is -2.16. The number of hydrogen-bond donors (Lipinski definition) is 1. The lowest BCUT2D eigenvalue weighted by molar-refractivity contribution is 0.218. The van der Waals surface area contributed by atoms with Gasteiger partial charge >= 0.3 is 0 Å². The molecular weight excluding hydrogens is 236 g/mol. The van der Waals surface area contributed by atoms with Crippen LogP contribution in [0.25, 0.3) is 0 Å². The molecule has 1 N–H and O–H groups in total. The van der Waals surface area contributed by atoms with Gasteiger partial charge in [-0.3, -0.25) is 0 Å². The Morgan fingerprint density at radius 3 is 2.42 bits per heavy atom. The van der Waals surface area contributed by atoms with Crippen molar-refractivity contribution in [2.24, 2.45) is 0 Å². The summed E-state index contributed by atoms with van der Waals surface area (Å²) in [5.41, 5.74) is 5.87. The first kappa shape index (κ1) is 13.7. The summed E-state index contributed by atoms with van der Waals surface area (Å²) in [4.78, 5) is 0. The number of aromatic nitrogens is 2. The molecule has 1 heterocycles. The van der Waals surface area contributed by atoms with Gasteiger partial charge in [0.05, 0.1) is 11.4 Å². The van der Waals surface area contributed by atoms with Gasteiger partial charge in [0.2, 0.25) is 0 Å². The first-order valence-corrected chi connectivity index (χ1v) is 6.61. The number of nitrogens with zero attached hydrogens (tertiary/aromatic N) is 2. The molecular formula is C16H20N2O. The molecule has 1 aromatic carbocycles. The summed E-state index contributed by atoms with van der Waals surface area (Å²) in [5.74, 6) is 0. The number of benzene rings is 1. The molecule has 3 heteroatoms. The van der Waals surface area contributed by atoms with E-state index in [1.807, 2.05) is 38.1 Å². The van der Waals surface area contributed by atoms with E-state index in [1.165, 1.54) is 11.1 Å². The van der Waals surface area contributed by atoms with Gasteiger partial charge in [-0.2, -0.15) is 10.2 Å². The van der Waals surface area contributed by atoms with Crippen LogP contribution in [0.2, 0.25) is 0 Å². The maximum atomic E-state index is 10.6. The largest absolute Gasteiger partial charge is 0.384 e. The van der Waals surface area contributed by atoms with Crippen LogP contribution < -0.4 is 0 Å². The predicted molar refractivity (Wildman–Crippen MR) is 76.1 cm³/mol. The van der Waals surface area contributed by atoms with E-state index in [0.717, 1.165) is 28.9 Å². The molecule has 0 saturated heterocycles. The standard InChI is InChI=1S/C16H20N2O/c1-5-15-14(9-12(4)17-18-15)16(19)13-7-6-10(2)11(3)8-13/h6-9,16,19H,5H2,1-4H3. The van der Waals surface area contributed by atoms with Gasteiger partial charge in [0.25, 0.3) is 0 Å². The smallest absolute Gasteiger partial charge is 0.106 e. The zero-order valence-corrected chi connectivity index (χ0v) is 11.9. The Labute approximate surface area is 114 Å². The highest BCUT2D eigenvalue weighted by atomic mass is 16.3. The average molecular weight is 256 g/mol. The third kappa shape index (κ3) is 2.82. The molecule has 2 rings (SSSR count). The summed E-state index contributed by atoms with van der Waals surface area (Å²) in [7, 11) is 0. The van der Waals surface area contributed by atoms with Gasteiger partial charge in [-0.25, -0.2) is 0 Å². The third-order valence-corrected chi connectivity index (χ3v) is 3.50. The van der Waals surface area contributed by atoms with E-state index in [1.54, 1.807) is 0 Å². The Morgan fingerprint density at radius 1 is 1.05 bits per heavy atom. The average Bonchev–Trinajstić information content (AvgIpc) is 2.41. The van der Waals surface area contributed by atoms with Crippen LogP contribution in [0.5, 0.6) is 0 Å². The van der Waals surface area contributed by atoms with Gasteiger partial charge in [0, 0.05) is 5.56 Å². The molecule has 2 aromatic rings. The molecule has 1 atom stereocenters. The normalized spacial score (nSPS) is 12.5. The fourth-order valence-corrected chi connectivity index (χ4v) is 2.16. The van der Waals surface area contributed by atoms with Gasteiger partial charge in [-0.15, -0.1) is 0 Å². The maximum Gasteiger partial charge on any atom is 0.106 e. The van der Waals surface area contributed by atoms with E-state index in [2.05, 4.69) is 24.0 Å². The summed E-state index contributed by atoms with van der Waals surface area (Å²) in [6.45, 7) is 8.04. The fourth-order valence-electron chi connectivity index (χ4n) is 2.16. The minimum atomic E-state index is -0.636. The van der Waals surface area contributed by atoms with Crippen molar-refractivity contribution in [3.05, 3.63) is 57.9 Å². The van der Waals surface area contributed by atoms with E-state index in [4.69, 9.17) is 0 Å². The Balaban J connectivity index is 2.45. The van der Waals surface area contributed by atoms with Crippen LogP contribution >= 0.6 is 0 Å². The van der Waals surface area contributed by atoms with Gasteiger partial charge in [-0.1, -0.05) is 25.1 Å². The van der Waals surface area contributed by atoms with Crippen molar-refractivity contribution in [2.75, 3.05) is 0 Å². The second-order valence-electron chi connectivity index (χ2n) is 4.99. The predicted octanol–water partition coefficient (Wildman–Crippen LogP) is 3.05. The first-order valence-electron chi connectivity index (χ1n) is 6.61. The Hall–Kier alpha value is -1.74. The topological polar surface area (TPSA) is 46.0 Å². The fraction of sp³-hybridized carbons (Fsp3) is 0.375. The second-order valence-corrected chi connectivity index (χ2v) is 4.99. The van der Waals surface area contributed by atoms with Crippen molar-refractivity contribution in [1.29, 1.82) is 0 Å². The number of rotatable bonds is 3. The quantitative estimate of drug-likeness (QED) is 0.918. The van der Waals surface area contributed by atoms with Crippen molar-refractivity contribution in [1.82, 2.24) is 10.2 Å². The van der Waals surface area contributed by atoms with E-state index >= 15 is 0 Å². The number of aryl methyl sites for hydroxylation is 4. The summed E-state index contributed by atoms with van der Waals surface area (Å²) in [6.07, 6.45) is 0.133. The van der Waals surface area contributed by atoms with E-state index in [9.17, 15) is 5.11 Å². The first-order chi connectivity index (χ1) is 9.02. The molecule has 0 spiro atoms. The highest BCUT2D eigenvalue weighted by Crippen LogP contribution is 2.26. The van der Waals surface area contributed by atoms with Crippen LogP contribution in [0.3, 0.4) is 0 Å². The van der Waals surface area contributed by atoms with Crippen LogP contribution in [0.1, 0.15) is 46.7 Å². The molecule has 100 valence electrons. The Kier molecular flexibility index (Phi) is 3.96. The molecule has 0 aliphatic heterocycles. The summed E-state index contributed by atoms with van der Waals surface area (Å²) >= 11 is 0. The molecule has 3 nitrogen and oxygen atoms in total. The SMILES string of the molecule is CCc1nnc(C)cc1C(O)c1ccc(C)c(C)c1. The molecule has 0 radical (unpaired) electrons. The maximum absolute atomic E-state index is 10.6. The van der Waals surface area contributed by atoms with Crippen molar-refractivity contribution in [2.45, 2.75) is 40.2 Å². The minimum Gasteiger partial charge on any atom is -0.384 e. The zero-order chi connectivity index (χ0) is 14.0. The molecule has 0 bridgehead atoms. The van der Waals surface area contributed by atoms with Crippen LogP contribution in [-0.4, -0.2) is 15.3 Å². The molecule has 1 unspecified atom stereocenters. The Bertz CT molecular complexity index is 593. The van der Waals surface area contributed by atoms with Crippen molar-refractivity contribution < 1.29 is 5.11 Å². The van der Waals surface area contributed by atoms with Crippen LogP contribution in [0, 0.1) is 20.8 Å². The molecule has 0 amide bonds. The third-order valence-electron chi connectivity index (χ3n) is 3.50. The molecule has 19 heavy (non-hydrogen) atoms. The summed E-state index contributed by atoms with van der Waals surface area (Å²) in [6, 6.07) is 7.98. The van der Waals surface area contributed by atoms with Gasteiger partial charge in [-0.05, 0) is 49.9 Å². The molecule has 0 saturated carbocycles. The highest BCUT2D eigenvalue weighted by Gasteiger charge is 2.16. The van der Waals surface area contributed by atoms with E-state index < -0.39 is 6.10 Å². The second kappa shape index (κ2) is 5.49.